The van der Waals surface area contributed by atoms with Gasteiger partial charge in [-0.05, 0) is 24.1 Å². The van der Waals surface area contributed by atoms with Crippen molar-refractivity contribution in [2.45, 2.75) is 19.5 Å². The predicted octanol–water partition coefficient (Wildman–Crippen LogP) is 2.16. The van der Waals surface area contributed by atoms with Crippen LogP contribution in [0.2, 0.25) is 0 Å². The Bertz CT molecular complexity index is 446. The summed E-state index contributed by atoms with van der Waals surface area (Å²) in [5, 5.41) is 0. The van der Waals surface area contributed by atoms with Gasteiger partial charge in [-0.15, -0.1) is 0 Å². The lowest BCUT2D eigenvalue weighted by Gasteiger charge is -2.09. The molecule has 0 aliphatic carbocycles. The van der Waals surface area contributed by atoms with Gasteiger partial charge in [-0.25, -0.2) is 5.48 Å². The van der Waals surface area contributed by atoms with E-state index in [4.69, 9.17) is 4.74 Å². The molecule has 4 nitrogen and oxygen atoms in total. The second-order valence-electron chi connectivity index (χ2n) is 3.91. The van der Waals surface area contributed by atoms with Crippen LogP contribution in [-0.4, -0.2) is 25.8 Å². The molecule has 0 atom stereocenters. The summed E-state index contributed by atoms with van der Waals surface area (Å²) in [6, 6.07) is 5.11. The molecule has 0 radical (unpaired) electrons. The molecule has 1 aromatic rings. The molecular formula is C12H14F3NO3. The van der Waals surface area contributed by atoms with Crippen LogP contribution in [0.1, 0.15) is 11.1 Å². The molecule has 0 saturated heterocycles. The van der Waals surface area contributed by atoms with Crippen LogP contribution in [0.5, 0.6) is 5.75 Å². The Hall–Kier alpha value is -1.76. The highest BCUT2D eigenvalue weighted by Gasteiger charge is 2.28. The van der Waals surface area contributed by atoms with Gasteiger partial charge in [-0.1, -0.05) is 12.1 Å². The monoisotopic (exact) mass is 277 g/mol. The fourth-order valence-corrected chi connectivity index (χ4v) is 1.39. The van der Waals surface area contributed by atoms with Gasteiger partial charge in [0.25, 0.3) is 0 Å². The average molecular weight is 277 g/mol. The first-order chi connectivity index (χ1) is 8.81. The molecule has 0 spiro atoms. The Morgan fingerprint density at radius 2 is 2.05 bits per heavy atom. The Balaban J connectivity index is 2.48. The maximum Gasteiger partial charge on any atom is 0.414 e. The summed E-state index contributed by atoms with van der Waals surface area (Å²) < 4.78 is 40.4. The Labute approximate surface area is 108 Å². The Morgan fingerprint density at radius 3 is 2.63 bits per heavy atom. The fraction of sp³-hybridized carbons (Fsp3) is 0.417. The number of aryl methyl sites for hydroxylation is 1. The van der Waals surface area contributed by atoms with E-state index >= 15 is 0 Å². The zero-order valence-electron chi connectivity index (χ0n) is 10.5. The maximum atomic E-state index is 11.8. The van der Waals surface area contributed by atoms with E-state index in [-0.39, 0.29) is 6.42 Å². The first-order valence-electron chi connectivity index (χ1n) is 5.42. The zero-order valence-corrected chi connectivity index (χ0v) is 10.5. The second-order valence-corrected chi connectivity index (χ2v) is 3.91. The van der Waals surface area contributed by atoms with Gasteiger partial charge in [-0.2, -0.15) is 13.2 Å². The van der Waals surface area contributed by atoms with Crippen molar-refractivity contribution in [3.8, 4) is 5.75 Å². The first-order valence-corrected chi connectivity index (χ1v) is 5.42. The van der Waals surface area contributed by atoms with E-state index in [2.05, 4.69) is 4.84 Å². The van der Waals surface area contributed by atoms with Crippen molar-refractivity contribution in [1.29, 1.82) is 0 Å². The SMILES string of the molecule is COc1cc(CC(=O)NOCC(F)(F)F)ccc1C. The molecule has 1 N–H and O–H groups in total. The van der Waals surface area contributed by atoms with Crippen molar-refractivity contribution in [2.75, 3.05) is 13.7 Å². The van der Waals surface area contributed by atoms with Crippen LogP contribution in [-0.2, 0) is 16.1 Å². The summed E-state index contributed by atoms with van der Waals surface area (Å²) in [5.41, 5.74) is 3.26. The molecule has 0 fully saturated rings. The third-order valence-electron chi connectivity index (χ3n) is 2.26. The molecule has 1 amide bonds. The van der Waals surface area contributed by atoms with Crippen LogP contribution < -0.4 is 10.2 Å². The van der Waals surface area contributed by atoms with Crippen LogP contribution in [0.3, 0.4) is 0 Å². The van der Waals surface area contributed by atoms with Crippen molar-refractivity contribution in [3.05, 3.63) is 29.3 Å². The molecule has 1 rings (SSSR count). The standard InChI is InChI=1S/C12H14F3NO3/c1-8-3-4-9(5-10(8)18-2)6-11(17)16-19-7-12(13,14)15/h3-5H,6-7H2,1-2H3,(H,16,17). The van der Waals surface area contributed by atoms with Crippen molar-refractivity contribution in [1.82, 2.24) is 5.48 Å². The number of benzene rings is 1. The zero-order chi connectivity index (χ0) is 14.5. The molecule has 0 bridgehead atoms. The number of hydrogen-bond acceptors (Lipinski definition) is 3. The third-order valence-corrected chi connectivity index (χ3v) is 2.26. The van der Waals surface area contributed by atoms with Gasteiger partial charge in [0.2, 0.25) is 5.91 Å². The van der Waals surface area contributed by atoms with Crippen LogP contribution in [0.15, 0.2) is 18.2 Å². The topological polar surface area (TPSA) is 47.6 Å². The van der Waals surface area contributed by atoms with Crippen LogP contribution in [0.25, 0.3) is 0 Å². The summed E-state index contributed by atoms with van der Waals surface area (Å²) in [7, 11) is 1.50. The van der Waals surface area contributed by atoms with E-state index < -0.39 is 18.7 Å². The van der Waals surface area contributed by atoms with Crippen molar-refractivity contribution in [3.63, 3.8) is 0 Å². The van der Waals surface area contributed by atoms with Gasteiger partial charge in [0.15, 0.2) is 6.61 Å². The molecule has 0 unspecified atom stereocenters. The fourth-order valence-electron chi connectivity index (χ4n) is 1.39. The number of hydrogen-bond donors (Lipinski definition) is 1. The number of amides is 1. The minimum atomic E-state index is -4.47. The normalized spacial score (nSPS) is 11.2. The third kappa shape index (κ3) is 5.60. The Morgan fingerprint density at radius 1 is 1.37 bits per heavy atom. The van der Waals surface area contributed by atoms with E-state index in [0.29, 0.717) is 11.3 Å². The number of ether oxygens (including phenoxy) is 1. The number of methoxy groups -OCH3 is 1. The lowest BCUT2D eigenvalue weighted by molar-refractivity contribution is -0.191. The number of alkyl halides is 3. The molecule has 1 aromatic carbocycles. The summed E-state index contributed by atoms with van der Waals surface area (Å²) in [6.45, 7) is 0.324. The highest BCUT2D eigenvalue weighted by Crippen LogP contribution is 2.19. The minimum absolute atomic E-state index is 0.0888. The van der Waals surface area contributed by atoms with Crippen LogP contribution in [0, 0.1) is 6.92 Å². The molecular weight excluding hydrogens is 263 g/mol. The quantitative estimate of drug-likeness (QED) is 0.839. The number of carbonyl (C=O) groups is 1. The summed E-state index contributed by atoms with van der Waals surface area (Å²) in [5.74, 6) is -0.0448. The largest absolute Gasteiger partial charge is 0.496 e. The van der Waals surface area contributed by atoms with Crippen LogP contribution in [0.4, 0.5) is 13.2 Å². The maximum absolute atomic E-state index is 11.8. The van der Waals surface area contributed by atoms with Gasteiger partial charge in [0, 0.05) is 0 Å². The summed E-state index contributed by atoms with van der Waals surface area (Å²) in [6.07, 6.45) is -4.56. The average Bonchev–Trinajstić information content (AvgIpc) is 2.30. The molecule has 106 valence electrons. The number of halogens is 3. The molecule has 0 heterocycles. The van der Waals surface area contributed by atoms with Crippen molar-refractivity contribution >= 4 is 5.91 Å². The van der Waals surface area contributed by atoms with Gasteiger partial charge in [0.05, 0.1) is 13.5 Å². The van der Waals surface area contributed by atoms with Gasteiger partial charge in [-0.3, -0.25) is 9.63 Å². The molecule has 0 saturated carbocycles. The molecule has 0 aromatic heterocycles. The van der Waals surface area contributed by atoms with Crippen molar-refractivity contribution in [2.24, 2.45) is 0 Å². The number of rotatable bonds is 5. The smallest absolute Gasteiger partial charge is 0.414 e. The highest BCUT2D eigenvalue weighted by atomic mass is 19.4. The van der Waals surface area contributed by atoms with E-state index in [1.165, 1.54) is 7.11 Å². The van der Waals surface area contributed by atoms with E-state index in [1.54, 1.807) is 23.7 Å². The molecule has 19 heavy (non-hydrogen) atoms. The van der Waals surface area contributed by atoms with E-state index in [0.717, 1.165) is 5.56 Å². The number of hydroxylamine groups is 1. The highest BCUT2D eigenvalue weighted by molar-refractivity contribution is 5.77. The molecule has 7 heteroatoms. The molecule has 0 aliphatic heterocycles. The first kappa shape index (κ1) is 15.3. The minimum Gasteiger partial charge on any atom is -0.496 e. The number of nitrogens with one attached hydrogen (secondary N) is 1. The summed E-state index contributed by atoms with van der Waals surface area (Å²) >= 11 is 0. The Kier molecular flexibility index (Phi) is 5.17. The summed E-state index contributed by atoms with van der Waals surface area (Å²) in [4.78, 5) is 15.4. The van der Waals surface area contributed by atoms with Gasteiger partial charge >= 0.3 is 6.18 Å². The molecule has 0 aliphatic rings. The second kappa shape index (κ2) is 6.42. The van der Waals surface area contributed by atoms with E-state index in [9.17, 15) is 18.0 Å². The van der Waals surface area contributed by atoms with Crippen molar-refractivity contribution < 1.29 is 27.5 Å². The van der Waals surface area contributed by atoms with Gasteiger partial charge < -0.3 is 4.74 Å². The van der Waals surface area contributed by atoms with Gasteiger partial charge in [0.1, 0.15) is 5.75 Å². The lowest BCUT2D eigenvalue weighted by Crippen LogP contribution is -2.30. The van der Waals surface area contributed by atoms with Crippen LogP contribution >= 0.6 is 0 Å². The lowest BCUT2D eigenvalue weighted by atomic mass is 10.1. The number of carbonyl (C=O) groups excluding carboxylic acids is 1. The predicted molar refractivity (Wildman–Crippen MR) is 61.6 cm³/mol. The van der Waals surface area contributed by atoms with E-state index in [1.807, 2.05) is 6.92 Å².